The molecule has 7 heteroatoms. The average molecular weight is 186 g/mol. The van der Waals surface area contributed by atoms with Crippen LogP contribution in [-0.2, 0) is 10.1 Å². The molecule has 0 saturated heterocycles. The van der Waals surface area contributed by atoms with E-state index in [0.717, 1.165) is 0 Å². The van der Waals surface area contributed by atoms with Gasteiger partial charge >= 0.3 is 51.4 Å². The van der Waals surface area contributed by atoms with E-state index in [1.807, 2.05) is 0 Å². The number of nitrogens with one attached hydrogen (secondary N) is 1. The SMILES string of the molecule is O=S(=O)([O-])c1ncc[nH]1.[K+]. The Hall–Kier alpha value is 0.756. The van der Waals surface area contributed by atoms with Gasteiger partial charge in [0.15, 0.2) is 10.1 Å². The minimum absolute atomic E-state index is 0. The zero-order valence-electron chi connectivity index (χ0n) is 5.23. The Morgan fingerprint density at radius 1 is 1.60 bits per heavy atom. The molecule has 10 heavy (non-hydrogen) atoms. The summed E-state index contributed by atoms with van der Waals surface area (Å²) in [5, 5.41) is -0.539. The van der Waals surface area contributed by atoms with Crippen molar-refractivity contribution in [2.75, 3.05) is 0 Å². The molecule has 0 unspecified atom stereocenters. The first-order chi connectivity index (χ1) is 4.11. The summed E-state index contributed by atoms with van der Waals surface area (Å²) in [6.07, 6.45) is 2.47. The van der Waals surface area contributed by atoms with Crippen LogP contribution < -0.4 is 51.4 Å². The van der Waals surface area contributed by atoms with Crippen LogP contribution in [0.15, 0.2) is 17.6 Å². The summed E-state index contributed by atoms with van der Waals surface area (Å²) < 4.78 is 30.1. The number of aromatic amines is 1. The van der Waals surface area contributed by atoms with E-state index >= 15 is 0 Å². The molecule has 1 aromatic heterocycles. The molecule has 0 bridgehead atoms. The molecule has 0 aliphatic carbocycles. The van der Waals surface area contributed by atoms with E-state index in [4.69, 9.17) is 0 Å². The van der Waals surface area contributed by atoms with Crippen LogP contribution in [0.3, 0.4) is 0 Å². The molecule has 0 amide bonds. The van der Waals surface area contributed by atoms with Crippen LogP contribution in [-0.4, -0.2) is 22.9 Å². The van der Waals surface area contributed by atoms with Gasteiger partial charge in [0.1, 0.15) is 0 Å². The van der Waals surface area contributed by atoms with Crippen molar-refractivity contribution in [2.24, 2.45) is 0 Å². The summed E-state index contributed by atoms with van der Waals surface area (Å²) in [6, 6.07) is 0. The average Bonchev–Trinajstić information content (AvgIpc) is 2.08. The monoisotopic (exact) mass is 186 g/mol. The largest absolute Gasteiger partial charge is 1.00 e. The summed E-state index contributed by atoms with van der Waals surface area (Å²) >= 11 is 0. The summed E-state index contributed by atoms with van der Waals surface area (Å²) in [5.74, 6) is 0. The molecule has 1 rings (SSSR count). The molecule has 0 radical (unpaired) electrons. The zero-order chi connectivity index (χ0) is 6.91. The van der Waals surface area contributed by atoms with E-state index in [1.165, 1.54) is 12.4 Å². The van der Waals surface area contributed by atoms with Gasteiger partial charge in [0, 0.05) is 12.4 Å². The van der Waals surface area contributed by atoms with Gasteiger partial charge in [0.2, 0.25) is 5.16 Å². The van der Waals surface area contributed by atoms with Gasteiger partial charge in [0.05, 0.1) is 0 Å². The van der Waals surface area contributed by atoms with Crippen molar-refractivity contribution in [1.82, 2.24) is 9.97 Å². The Labute approximate surface area is 100 Å². The molecule has 0 aliphatic rings. The Morgan fingerprint density at radius 3 is 2.40 bits per heavy atom. The third-order valence-electron chi connectivity index (χ3n) is 0.710. The second kappa shape index (κ2) is 3.95. The minimum atomic E-state index is -4.38. The number of imidazole rings is 1. The summed E-state index contributed by atoms with van der Waals surface area (Å²) in [7, 11) is -4.38. The van der Waals surface area contributed by atoms with Gasteiger partial charge in [-0.15, -0.1) is 0 Å². The van der Waals surface area contributed by atoms with Crippen LogP contribution in [0.25, 0.3) is 0 Å². The third kappa shape index (κ3) is 2.78. The fourth-order valence-corrected chi connectivity index (χ4v) is 0.790. The Kier molecular flexibility index (Phi) is 4.25. The van der Waals surface area contributed by atoms with Crippen LogP contribution in [0.5, 0.6) is 0 Å². The van der Waals surface area contributed by atoms with Gasteiger partial charge in [-0.05, 0) is 0 Å². The number of nitrogens with zero attached hydrogens (tertiary/aromatic N) is 1. The van der Waals surface area contributed by atoms with Crippen molar-refractivity contribution < 1.29 is 64.4 Å². The van der Waals surface area contributed by atoms with Crippen LogP contribution in [0.2, 0.25) is 0 Å². The first-order valence-electron chi connectivity index (χ1n) is 2.06. The maximum absolute atomic E-state index is 10.0. The summed E-state index contributed by atoms with van der Waals surface area (Å²) in [4.78, 5) is 5.40. The normalized spacial score (nSPS) is 10.5. The zero-order valence-corrected chi connectivity index (χ0v) is 9.17. The number of hydrogen-bond donors (Lipinski definition) is 1. The molecule has 1 aromatic rings. The fraction of sp³-hybridized carbons (Fsp3) is 0. The molecular weight excluding hydrogens is 183 g/mol. The molecule has 0 atom stereocenters. The topological polar surface area (TPSA) is 85.9 Å². The molecular formula is C3H3KN2O3S. The van der Waals surface area contributed by atoms with Gasteiger partial charge in [-0.3, -0.25) is 0 Å². The van der Waals surface area contributed by atoms with E-state index in [2.05, 4.69) is 9.97 Å². The molecule has 1 heterocycles. The van der Waals surface area contributed by atoms with E-state index in [1.54, 1.807) is 0 Å². The molecule has 0 fully saturated rings. The predicted molar refractivity (Wildman–Crippen MR) is 26.6 cm³/mol. The fourth-order valence-electron chi connectivity index (χ4n) is 0.388. The van der Waals surface area contributed by atoms with Crippen molar-refractivity contribution in [2.45, 2.75) is 5.16 Å². The van der Waals surface area contributed by atoms with E-state index in [-0.39, 0.29) is 51.4 Å². The maximum atomic E-state index is 10.0. The Bertz CT molecular complexity index is 279. The molecule has 0 aliphatic heterocycles. The van der Waals surface area contributed by atoms with Crippen molar-refractivity contribution in [3.8, 4) is 0 Å². The minimum Gasteiger partial charge on any atom is -0.742 e. The molecule has 0 aromatic carbocycles. The van der Waals surface area contributed by atoms with Gasteiger partial charge < -0.3 is 9.54 Å². The second-order valence-electron chi connectivity index (χ2n) is 1.35. The number of H-pyrrole nitrogens is 1. The predicted octanol–water partition coefficient (Wildman–Crippen LogP) is -3.68. The van der Waals surface area contributed by atoms with Crippen molar-refractivity contribution in [3.63, 3.8) is 0 Å². The van der Waals surface area contributed by atoms with Crippen molar-refractivity contribution in [1.29, 1.82) is 0 Å². The first kappa shape index (κ1) is 10.8. The van der Waals surface area contributed by atoms with Crippen LogP contribution in [0, 0.1) is 0 Å². The smallest absolute Gasteiger partial charge is 0.742 e. The first-order valence-corrected chi connectivity index (χ1v) is 3.47. The van der Waals surface area contributed by atoms with Gasteiger partial charge in [-0.1, -0.05) is 0 Å². The second-order valence-corrected chi connectivity index (χ2v) is 2.64. The van der Waals surface area contributed by atoms with Gasteiger partial charge in [0.25, 0.3) is 0 Å². The number of hydrogen-bond acceptors (Lipinski definition) is 4. The molecule has 1 N–H and O–H groups in total. The Balaban J connectivity index is 0.000000810. The van der Waals surface area contributed by atoms with E-state index < -0.39 is 15.3 Å². The van der Waals surface area contributed by atoms with Crippen LogP contribution >= 0.6 is 0 Å². The summed E-state index contributed by atoms with van der Waals surface area (Å²) in [6.45, 7) is 0. The maximum Gasteiger partial charge on any atom is 1.00 e. The quantitative estimate of drug-likeness (QED) is 0.361. The van der Waals surface area contributed by atoms with Crippen molar-refractivity contribution >= 4 is 10.1 Å². The number of rotatable bonds is 1. The van der Waals surface area contributed by atoms with Crippen LogP contribution in [0.1, 0.15) is 0 Å². The molecule has 50 valence electrons. The molecule has 0 spiro atoms. The Morgan fingerprint density at radius 2 is 2.20 bits per heavy atom. The third-order valence-corrected chi connectivity index (χ3v) is 1.41. The van der Waals surface area contributed by atoms with E-state index in [0.29, 0.717) is 0 Å². The standard InChI is InChI=1S/C3H4N2O3S.K/c6-9(7,8)3-4-1-2-5-3;/h1-2H,(H,4,5)(H,6,7,8);/q;+1/p-1. The van der Waals surface area contributed by atoms with Gasteiger partial charge in [-0.2, -0.15) is 0 Å². The van der Waals surface area contributed by atoms with Gasteiger partial charge in [-0.25, -0.2) is 13.4 Å². The number of aromatic nitrogens is 2. The van der Waals surface area contributed by atoms with Crippen LogP contribution in [0.4, 0.5) is 0 Å². The molecule has 0 saturated carbocycles. The molecule has 5 nitrogen and oxygen atoms in total. The van der Waals surface area contributed by atoms with E-state index in [9.17, 15) is 13.0 Å². The van der Waals surface area contributed by atoms with Crippen molar-refractivity contribution in [3.05, 3.63) is 12.4 Å². The summed E-state index contributed by atoms with van der Waals surface area (Å²) in [5.41, 5.74) is 0.